The largest absolute Gasteiger partial charge is 0.348 e. The maximum atomic E-state index is 11.9. The average molecular weight is 299 g/mol. The molecule has 1 aromatic rings. The van der Waals surface area contributed by atoms with Crippen LogP contribution < -0.4 is 5.32 Å². The molecule has 0 bridgehead atoms. The Morgan fingerprint density at radius 2 is 2.37 bits per heavy atom. The van der Waals surface area contributed by atoms with Gasteiger partial charge in [0.05, 0.1) is 17.7 Å². The molecule has 1 aliphatic heterocycles. The molecule has 0 spiro atoms. The molecule has 2 amide bonds. The molecule has 1 aliphatic rings. The van der Waals surface area contributed by atoms with Crippen LogP contribution >= 0.6 is 23.4 Å². The highest BCUT2D eigenvalue weighted by molar-refractivity contribution is 8.00. The Kier molecular flexibility index (Phi) is 4.71. The molecule has 1 atom stereocenters. The second-order valence-electron chi connectivity index (χ2n) is 4.41. The van der Waals surface area contributed by atoms with Crippen molar-refractivity contribution in [2.24, 2.45) is 0 Å². The molecule has 0 aliphatic carbocycles. The lowest BCUT2D eigenvalue weighted by Crippen LogP contribution is -2.39. The van der Waals surface area contributed by atoms with Gasteiger partial charge in [-0.25, -0.2) is 0 Å². The van der Waals surface area contributed by atoms with Crippen LogP contribution in [0.4, 0.5) is 0 Å². The summed E-state index contributed by atoms with van der Waals surface area (Å²) in [5.74, 6) is 0.938. The van der Waals surface area contributed by atoms with Gasteiger partial charge in [-0.15, -0.1) is 11.8 Å². The molecule has 1 fully saturated rings. The van der Waals surface area contributed by atoms with E-state index in [2.05, 4.69) is 5.32 Å². The van der Waals surface area contributed by atoms with Gasteiger partial charge in [0, 0.05) is 5.02 Å². The molecular weight excluding hydrogens is 284 g/mol. The number of rotatable bonds is 4. The van der Waals surface area contributed by atoms with Crippen LogP contribution in [0.5, 0.6) is 0 Å². The Bertz CT molecular complexity index is 495. The summed E-state index contributed by atoms with van der Waals surface area (Å²) in [6.45, 7) is 2.01. The maximum Gasteiger partial charge on any atom is 0.240 e. The van der Waals surface area contributed by atoms with Crippen LogP contribution in [0.15, 0.2) is 24.3 Å². The van der Waals surface area contributed by atoms with E-state index in [1.165, 1.54) is 11.8 Å². The van der Waals surface area contributed by atoms with Gasteiger partial charge in [-0.3, -0.25) is 9.59 Å². The average Bonchev–Trinajstić information content (AvgIpc) is 2.75. The highest BCUT2D eigenvalue weighted by Gasteiger charge is 2.23. The predicted molar refractivity (Wildman–Crippen MR) is 77.0 cm³/mol. The van der Waals surface area contributed by atoms with Gasteiger partial charge in [-0.2, -0.15) is 0 Å². The number of carbonyl (C=O) groups excluding carboxylic acids is 2. The first-order valence-corrected chi connectivity index (χ1v) is 7.50. The molecular formula is C13H15ClN2O2S. The number of halogens is 1. The quantitative estimate of drug-likeness (QED) is 0.925. The molecule has 19 heavy (non-hydrogen) atoms. The van der Waals surface area contributed by atoms with Crippen molar-refractivity contribution < 1.29 is 9.59 Å². The van der Waals surface area contributed by atoms with Gasteiger partial charge < -0.3 is 10.2 Å². The Balaban J connectivity index is 1.89. The van der Waals surface area contributed by atoms with E-state index in [1.807, 2.05) is 25.1 Å². The van der Waals surface area contributed by atoms with Crippen molar-refractivity contribution in [3.8, 4) is 0 Å². The highest BCUT2D eigenvalue weighted by atomic mass is 35.5. The predicted octanol–water partition coefficient (Wildman–Crippen LogP) is 2.05. The minimum absolute atomic E-state index is 0.0237. The Morgan fingerprint density at radius 1 is 1.58 bits per heavy atom. The van der Waals surface area contributed by atoms with Gasteiger partial charge in [-0.1, -0.05) is 23.7 Å². The number of benzene rings is 1. The molecule has 0 saturated carbocycles. The molecule has 102 valence electrons. The van der Waals surface area contributed by atoms with E-state index >= 15 is 0 Å². The molecule has 0 radical (unpaired) electrons. The van der Waals surface area contributed by atoms with Crippen LogP contribution in [0.2, 0.25) is 5.02 Å². The van der Waals surface area contributed by atoms with E-state index in [1.54, 1.807) is 11.0 Å². The minimum atomic E-state index is -0.150. The number of hydrogen-bond acceptors (Lipinski definition) is 3. The SMILES string of the molecule is C[C@@H](NC(=O)CN1CSCC1=O)c1cccc(Cl)c1. The Hall–Kier alpha value is -1.20. The van der Waals surface area contributed by atoms with Crippen molar-refractivity contribution in [2.75, 3.05) is 18.2 Å². The van der Waals surface area contributed by atoms with E-state index in [0.29, 0.717) is 16.7 Å². The fraction of sp³-hybridized carbons (Fsp3) is 0.385. The fourth-order valence-electron chi connectivity index (χ4n) is 1.86. The first-order valence-electron chi connectivity index (χ1n) is 5.96. The Labute approximate surface area is 121 Å². The normalized spacial score (nSPS) is 16.5. The zero-order chi connectivity index (χ0) is 13.8. The monoisotopic (exact) mass is 298 g/mol. The summed E-state index contributed by atoms with van der Waals surface area (Å²) >= 11 is 7.44. The summed E-state index contributed by atoms with van der Waals surface area (Å²) in [6, 6.07) is 7.24. The van der Waals surface area contributed by atoms with Crippen molar-refractivity contribution in [3.63, 3.8) is 0 Å². The number of nitrogens with zero attached hydrogens (tertiary/aromatic N) is 1. The van der Waals surface area contributed by atoms with Crippen molar-refractivity contribution in [2.45, 2.75) is 13.0 Å². The van der Waals surface area contributed by atoms with Crippen molar-refractivity contribution in [1.29, 1.82) is 0 Å². The molecule has 1 N–H and O–H groups in total. The molecule has 6 heteroatoms. The van der Waals surface area contributed by atoms with Crippen molar-refractivity contribution in [3.05, 3.63) is 34.9 Å². The minimum Gasteiger partial charge on any atom is -0.348 e. The van der Waals surface area contributed by atoms with Gasteiger partial charge in [0.2, 0.25) is 11.8 Å². The van der Waals surface area contributed by atoms with E-state index < -0.39 is 0 Å². The number of nitrogens with one attached hydrogen (secondary N) is 1. The van der Waals surface area contributed by atoms with E-state index in [9.17, 15) is 9.59 Å². The van der Waals surface area contributed by atoms with Crippen LogP contribution in [-0.4, -0.2) is 34.9 Å². The summed E-state index contributed by atoms with van der Waals surface area (Å²) < 4.78 is 0. The Morgan fingerprint density at radius 3 is 3.00 bits per heavy atom. The van der Waals surface area contributed by atoms with Crippen molar-refractivity contribution in [1.82, 2.24) is 10.2 Å². The first-order chi connectivity index (χ1) is 9.06. The second kappa shape index (κ2) is 6.30. The first kappa shape index (κ1) is 14.2. The summed E-state index contributed by atoms with van der Waals surface area (Å²) in [4.78, 5) is 24.8. The van der Waals surface area contributed by atoms with Crippen LogP contribution in [0, 0.1) is 0 Å². The molecule has 1 heterocycles. The topological polar surface area (TPSA) is 49.4 Å². The van der Waals surface area contributed by atoms with Crippen LogP contribution in [-0.2, 0) is 9.59 Å². The zero-order valence-electron chi connectivity index (χ0n) is 10.6. The third kappa shape index (κ3) is 3.88. The second-order valence-corrected chi connectivity index (χ2v) is 5.81. The number of amides is 2. The molecule has 1 aromatic carbocycles. The summed E-state index contributed by atoms with van der Waals surface area (Å²) in [7, 11) is 0. The van der Waals surface area contributed by atoms with Gasteiger partial charge >= 0.3 is 0 Å². The van der Waals surface area contributed by atoms with Gasteiger partial charge in [0.25, 0.3) is 0 Å². The molecule has 2 rings (SSSR count). The lowest BCUT2D eigenvalue weighted by atomic mass is 10.1. The smallest absolute Gasteiger partial charge is 0.240 e. The summed E-state index contributed by atoms with van der Waals surface area (Å²) in [5.41, 5.74) is 0.947. The molecule has 0 unspecified atom stereocenters. The van der Waals surface area contributed by atoms with Gasteiger partial charge in [0.1, 0.15) is 6.54 Å². The highest BCUT2D eigenvalue weighted by Crippen LogP contribution is 2.18. The summed E-state index contributed by atoms with van der Waals surface area (Å²) in [5, 5.41) is 3.51. The molecule has 0 aromatic heterocycles. The molecule has 4 nitrogen and oxygen atoms in total. The summed E-state index contributed by atoms with van der Waals surface area (Å²) in [6.07, 6.45) is 0. The van der Waals surface area contributed by atoms with Crippen LogP contribution in [0.3, 0.4) is 0 Å². The standard InChI is InChI=1S/C13H15ClN2O2S/c1-9(10-3-2-4-11(14)5-10)15-12(17)6-16-8-19-7-13(16)18/h2-5,9H,6-8H2,1H3,(H,15,17)/t9-/m1/s1. The number of carbonyl (C=O) groups is 2. The van der Waals surface area contributed by atoms with Crippen LogP contribution in [0.1, 0.15) is 18.5 Å². The maximum absolute atomic E-state index is 11.9. The van der Waals surface area contributed by atoms with Crippen molar-refractivity contribution >= 4 is 35.2 Å². The fourth-order valence-corrected chi connectivity index (χ4v) is 2.96. The third-order valence-electron chi connectivity index (χ3n) is 2.89. The van der Waals surface area contributed by atoms with E-state index in [-0.39, 0.29) is 24.4 Å². The lowest BCUT2D eigenvalue weighted by molar-refractivity contribution is -0.132. The molecule has 1 saturated heterocycles. The third-order valence-corrected chi connectivity index (χ3v) is 4.07. The van der Waals surface area contributed by atoms with Gasteiger partial charge in [0.15, 0.2) is 0 Å². The lowest BCUT2D eigenvalue weighted by Gasteiger charge is -2.18. The van der Waals surface area contributed by atoms with E-state index in [4.69, 9.17) is 11.6 Å². The number of thioether (sulfide) groups is 1. The number of hydrogen-bond donors (Lipinski definition) is 1. The van der Waals surface area contributed by atoms with Gasteiger partial charge in [-0.05, 0) is 24.6 Å². The van der Waals surface area contributed by atoms with E-state index in [0.717, 1.165) is 5.56 Å². The van der Waals surface area contributed by atoms with Crippen LogP contribution in [0.25, 0.3) is 0 Å². The zero-order valence-corrected chi connectivity index (χ0v) is 12.1.